The number of primary amides is 1. The van der Waals surface area contributed by atoms with Crippen LogP contribution < -0.4 is 21.1 Å². The van der Waals surface area contributed by atoms with Crippen molar-refractivity contribution in [2.75, 3.05) is 19.7 Å². The number of aliphatic hydroxyl groups excluding tert-OH is 1. The Morgan fingerprint density at radius 2 is 1.57 bits per heavy atom. The van der Waals surface area contributed by atoms with Gasteiger partial charge in [0.05, 0.1) is 31.7 Å². The summed E-state index contributed by atoms with van der Waals surface area (Å²) in [5, 5.41) is 14.6. The lowest BCUT2D eigenvalue weighted by atomic mass is 10.0. The molecule has 0 saturated heterocycles. The lowest BCUT2D eigenvalue weighted by molar-refractivity contribution is -0.142. The molecule has 4 amide bonds. The van der Waals surface area contributed by atoms with Gasteiger partial charge in [0.1, 0.15) is 11.8 Å². The number of hydrogen-bond donors (Lipinski definition) is 4. The topological polar surface area (TPSA) is 168 Å². The quantitative estimate of drug-likeness (QED) is 0.124. The lowest BCUT2D eigenvalue weighted by Gasteiger charge is -2.30. The van der Waals surface area contributed by atoms with Crippen molar-refractivity contribution >= 4 is 29.4 Å². The second-order valence-electron chi connectivity index (χ2n) is 11.6. The number of likely N-dealkylation sites (N-methyl/N-ethyl adjacent to an activating group) is 1. The van der Waals surface area contributed by atoms with Crippen molar-refractivity contribution in [1.29, 1.82) is 0 Å². The first-order chi connectivity index (χ1) is 22.5. The number of hydrogen-bond acceptors (Lipinski definition) is 7. The van der Waals surface area contributed by atoms with Crippen molar-refractivity contribution in [1.82, 2.24) is 15.5 Å². The normalized spacial score (nSPS) is 14.0. The van der Waals surface area contributed by atoms with Gasteiger partial charge in [-0.1, -0.05) is 97.6 Å². The van der Waals surface area contributed by atoms with Crippen molar-refractivity contribution in [3.63, 3.8) is 0 Å². The second-order valence-corrected chi connectivity index (χ2v) is 11.6. The maximum Gasteiger partial charge on any atom is 0.287 e. The van der Waals surface area contributed by atoms with Crippen LogP contribution in [0.5, 0.6) is 5.75 Å². The molecule has 268 valence electrons. The smallest absolute Gasteiger partial charge is 0.287 e. The standard InChI is InChI=1S/C28H44N4O7.C6H12.C2H6/c1-5-8-9-13-22(26(36)27(29)37)31-28(38)23(6-2)32(7-3)25(35)18-30-24(34)17-20-11-10-12-21(16-20)39-15-14-19(4)33;1-2-4-6-5-3-1;1-2/h10-12,16,19,22-23,33H,5-9,13-15,17-18H2,1-4H3,(H2,29,37)(H,30,34)(H,31,38);1-6H2;1-2H3. The Kier molecular flexibility index (Phi) is 24.6. The molecule has 47 heavy (non-hydrogen) atoms. The minimum atomic E-state index is -1.12. The average molecular weight is 663 g/mol. The van der Waals surface area contributed by atoms with Crippen LogP contribution in [0.2, 0.25) is 0 Å². The molecule has 0 aromatic heterocycles. The zero-order valence-corrected chi connectivity index (χ0v) is 29.8. The Balaban J connectivity index is 0.00000232. The highest BCUT2D eigenvalue weighted by Crippen LogP contribution is 2.16. The number of carbonyl (C=O) groups excluding carboxylic acids is 5. The van der Waals surface area contributed by atoms with Crippen molar-refractivity contribution in [2.45, 2.75) is 143 Å². The highest BCUT2D eigenvalue weighted by atomic mass is 16.5. The van der Waals surface area contributed by atoms with E-state index in [0.717, 1.165) is 12.8 Å². The molecule has 0 bridgehead atoms. The molecule has 11 heteroatoms. The summed E-state index contributed by atoms with van der Waals surface area (Å²) in [4.78, 5) is 63.6. The van der Waals surface area contributed by atoms with E-state index in [2.05, 4.69) is 10.6 Å². The summed E-state index contributed by atoms with van der Waals surface area (Å²) in [7, 11) is 0. The van der Waals surface area contributed by atoms with Crippen molar-refractivity contribution < 1.29 is 33.8 Å². The number of aliphatic hydroxyl groups is 1. The molecule has 1 saturated carbocycles. The zero-order chi connectivity index (χ0) is 35.6. The molecule has 2 rings (SSSR count). The molecule has 5 N–H and O–H groups in total. The minimum absolute atomic E-state index is 0.0272. The van der Waals surface area contributed by atoms with Crippen LogP contribution >= 0.6 is 0 Å². The highest BCUT2D eigenvalue weighted by Gasteiger charge is 2.31. The van der Waals surface area contributed by atoms with Gasteiger partial charge in [-0.3, -0.25) is 24.0 Å². The number of benzene rings is 1. The molecule has 11 nitrogen and oxygen atoms in total. The van der Waals surface area contributed by atoms with Crippen molar-refractivity contribution in [3.05, 3.63) is 29.8 Å². The number of nitrogens with zero attached hydrogens (tertiary/aromatic N) is 1. The number of ether oxygens (including phenoxy) is 1. The Morgan fingerprint density at radius 1 is 0.957 bits per heavy atom. The predicted octanol–water partition coefficient (Wildman–Crippen LogP) is 4.61. The third-order valence-electron chi connectivity index (χ3n) is 7.70. The number of nitrogens with one attached hydrogen (secondary N) is 2. The monoisotopic (exact) mass is 662 g/mol. The van der Waals surface area contributed by atoms with Gasteiger partial charge in [0, 0.05) is 13.0 Å². The summed E-state index contributed by atoms with van der Waals surface area (Å²) in [5.41, 5.74) is 5.86. The van der Waals surface area contributed by atoms with Crippen LogP contribution in [-0.2, 0) is 30.4 Å². The van der Waals surface area contributed by atoms with E-state index in [-0.39, 0.29) is 38.3 Å². The van der Waals surface area contributed by atoms with Crippen LogP contribution in [0.15, 0.2) is 24.3 Å². The van der Waals surface area contributed by atoms with E-state index >= 15 is 0 Å². The summed E-state index contributed by atoms with van der Waals surface area (Å²) >= 11 is 0. The lowest BCUT2D eigenvalue weighted by Crippen LogP contribution is -2.55. The molecule has 1 aliphatic rings. The van der Waals surface area contributed by atoms with Gasteiger partial charge in [-0.15, -0.1) is 0 Å². The third kappa shape index (κ3) is 19.1. The maximum absolute atomic E-state index is 13.1. The van der Waals surface area contributed by atoms with Gasteiger partial charge in [0.2, 0.25) is 23.5 Å². The van der Waals surface area contributed by atoms with Gasteiger partial charge in [-0.05, 0) is 44.4 Å². The van der Waals surface area contributed by atoms with Crippen LogP contribution in [0.1, 0.15) is 124 Å². The van der Waals surface area contributed by atoms with Gasteiger partial charge in [-0.2, -0.15) is 0 Å². The van der Waals surface area contributed by atoms with Crippen LogP contribution in [0.4, 0.5) is 0 Å². The van der Waals surface area contributed by atoms with Gasteiger partial charge in [0.15, 0.2) is 0 Å². The van der Waals surface area contributed by atoms with Crippen LogP contribution in [-0.4, -0.2) is 77.3 Å². The van der Waals surface area contributed by atoms with Crippen molar-refractivity contribution in [2.24, 2.45) is 5.73 Å². The first-order valence-corrected chi connectivity index (χ1v) is 17.6. The summed E-state index contributed by atoms with van der Waals surface area (Å²) in [6.07, 6.45) is 12.0. The minimum Gasteiger partial charge on any atom is -0.493 e. The van der Waals surface area contributed by atoms with E-state index in [0.29, 0.717) is 30.8 Å². The van der Waals surface area contributed by atoms with Gasteiger partial charge in [0.25, 0.3) is 5.91 Å². The van der Waals surface area contributed by atoms with Crippen LogP contribution in [0.3, 0.4) is 0 Å². The number of Topliss-reactive ketones (excluding diaryl/α,β-unsaturated/α-hetero) is 1. The fraction of sp³-hybridized carbons (Fsp3) is 0.694. The average Bonchev–Trinajstić information content (AvgIpc) is 3.07. The first-order valence-electron chi connectivity index (χ1n) is 17.6. The molecular weight excluding hydrogens is 600 g/mol. The van der Waals surface area contributed by atoms with Gasteiger partial charge >= 0.3 is 0 Å². The van der Waals surface area contributed by atoms with E-state index in [1.54, 1.807) is 45.0 Å². The van der Waals surface area contributed by atoms with Gasteiger partial charge < -0.3 is 31.1 Å². The maximum atomic E-state index is 13.1. The molecule has 0 spiro atoms. The summed E-state index contributed by atoms with van der Waals surface area (Å²) < 4.78 is 5.59. The van der Waals surface area contributed by atoms with Crippen LogP contribution in [0.25, 0.3) is 0 Å². The number of amides is 4. The molecule has 3 atom stereocenters. The van der Waals surface area contributed by atoms with E-state index in [9.17, 15) is 29.1 Å². The Bertz CT molecular complexity index is 1050. The first kappa shape index (κ1) is 43.5. The second kappa shape index (κ2) is 26.6. The van der Waals surface area contributed by atoms with E-state index in [4.69, 9.17) is 10.5 Å². The fourth-order valence-electron chi connectivity index (χ4n) is 5.10. The van der Waals surface area contributed by atoms with E-state index < -0.39 is 41.7 Å². The Labute approximate surface area is 282 Å². The molecule has 0 aliphatic heterocycles. The number of carbonyl (C=O) groups is 5. The molecule has 0 radical (unpaired) electrons. The number of rotatable bonds is 19. The van der Waals surface area contributed by atoms with Crippen LogP contribution in [0, 0.1) is 0 Å². The molecule has 0 heterocycles. The number of nitrogens with two attached hydrogens (primary N) is 1. The molecular formula is C36H62N4O7. The highest BCUT2D eigenvalue weighted by molar-refractivity contribution is 6.37. The zero-order valence-electron chi connectivity index (χ0n) is 29.8. The van der Waals surface area contributed by atoms with E-state index in [1.807, 2.05) is 20.8 Å². The fourth-order valence-corrected chi connectivity index (χ4v) is 5.10. The number of unbranched alkanes of at least 4 members (excludes halogenated alkanes) is 2. The number of ketones is 1. The largest absolute Gasteiger partial charge is 0.493 e. The van der Waals surface area contributed by atoms with E-state index in [1.165, 1.54) is 43.4 Å². The third-order valence-corrected chi connectivity index (χ3v) is 7.70. The summed E-state index contributed by atoms with van der Waals surface area (Å²) in [6, 6.07) is 5.08. The summed E-state index contributed by atoms with van der Waals surface area (Å²) in [6.45, 7) is 11.4. The molecule has 1 fully saturated rings. The molecule has 1 aromatic carbocycles. The molecule has 1 aliphatic carbocycles. The Morgan fingerprint density at radius 3 is 2.09 bits per heavy atom. The summed E-state index contributed by atoms with van der Waals surface area (Å²) in [5.74, 6) is -2.79. The van der Waals surface area contributed by atoms with Gasteiger partial charge in [-0.25, -0.2) is 0 Å². The SMILES string of the molecule is C1CCCCC1.CC.CCCCCC(NC(=O)C(CC)N(CC)C(=O)CNC(=O)Cc1cccc(OCCC(C)O)c1)C(=O)C(N)=O. The van der Waals surface area contributed by atoms with Crippen molar-refractivity contribution in [3.8, 4) is 5.75 Å². The molecule has 3 unspecified atom stereocenters. The predicted molar refractivity (Wildman–Crippen MR) is 186 cm³/mol. The molecule has 1 aromatic rings. The Hall–Kier alpha value is -3.47.